The van der Waals surface area contributed by atoms with E-state index >= 15 is 0 Å². The van der Waals surface area contributed by atoms with Crippen LogP contribution in [0.3, 0.4) is 0 Å². The largest absolute Gasteiger partial charge is 0.256 e. The van der Waals surface area contributed by atoms with Crippen LogP contribution < -0.4 is 0 Å². The lowest BCUT2D eigenvalue weighted by Gasteiger charge is -2.35. The van der Waals surface area contributed by atoms with E-state index in [1.807, 2.05) is 44.4 Å². The summed E-state index contributed by atoms with van der Waals surface area (Å²) in [6.45, 7) is 8.34. The van der Waals surface area contributed by atoms with Gasteiger partial charge in [-0.2, -0.15) is 0 Å². The minimum absolute atomic E-state index is 0.105. The Balaban J connectivity index is 1.91. The highest BCUT2D eigenvalue weighted by Gasteiger charge is 2.35. The van der Waals surface area contributed by atoms with Crippen molar-refractivity contribution in [1.82, 2.24) is 9.97 Å². The summed E-state index contributed by atoms with van der Waals surface area (Å²) in [5.41, 5.74) is 5.96. The first-order chi connectivity index (χ1) is 13.7. The van der Waals surface area contributed by atoms with Crippen molar-refractivity contribution in [1.29, 1.82) is 0 Å². The van der Waals surface area contributed by atoms with Crippen LogP contribution in [0, 0.1) is 5.92 Å². The molecule has 0 fully saturated rings. The molecule has 0 aliphatic heterocycles. The van der Waals surface area contributed by atoms with Gasteiger partial charge in [-0.05, 0) is 46.5 Å². The number of hydrogen-bond donors (Lipinski definition) is 0. The molecule has 0 saturated heterocycles. The van der Waals surface area contributed by atoms with Crippen LogP contribution in [-0.2, 0) is 11.8 Å². The molecule has 134 valence electrons. The highest BCUT2D eigenvalue weighted by molar-refractivity contribution is 6.04. The first kappa shape index (κ1) is 14.3. The summed E-state index contributed by atoms with van der Waals surface area (Å²) >= 11 is 0. The van der Waals surface area contributed by atoms with Gasteiger partial charge in [0.25, 0.3) is 0 Å². The van der Waals surface area contributed by atoms with Crippen LogP contribution in [0.15, 0.2) is 54.9 Å². The third-order valence-electron chi connectivity index (χ3n) is 5.67. The molecule has 1 aliphatic rings. The molecule has 0 N–H and O–H groups in total. The first-order valence-corrected chi connectivity index (χ1v) is 9.55. The molecule has 1 aliphatic carbocycles. The second kappa shape index (κ2) is 5.63. The zero-order valence-corrected chi connectivity index (χ0v) is 16.2. The Morgan fingerprint density at radius 2 is 1.93 bits per heavy atom. The maximum Gasteiger partial charge on any atom is 0.0756 e. The standard InChI is InChI=1S/C25H24N2/c1-15(2)12-16-8-9-17-14-27-24-18-10-11-26-21-7-5-6-20(22(18)21)25(3,4)23(24)19(17)13-16/h5-11,13-15H,12H2,1-4H3/i12D2. The molecule has 0 saturated carbocycles. The predicted octanol–water partition coefficient (Wildman–Crippen LogP) is 6.29. The molecule has 2 heterocycles. The Morgan fingerprint density at radius 3 is 2.74 bits per heavy atom. The molecule has 4 aromatic rings. The minimum Gasteiger partial charge on any atom is -0.256 e. The van der Waals surface area contributed by atoms with E-state index in [0.717, 1.165) is 33.1 Å². The van der Waals surface area contributed by atoms with E-state index in [9.17, 15) is 0 Å². The topological polar surface area (TPSA) is 25.8 Å². The molecule has 2 heteroatoms. The monoisotopic (exact) mass is 354 g/mol. The number of pyridine rings is 2. The van der Waals surface area contributed by atoms with E-state index in [1.54, 1.807) is 0 Å². The zero-order valence-electron chi connectivity index (χ0n) is 18.2. The number of fused-ring (bicyclic) bond motifs is 4. The van der Waals surface area contributed by atoms with Crippen LogP contribution >= 0.6 is 0 Å². The van der Waals surface area contributed by atoms with Crippen molar-refractivity contribution in [3.8, 4) is 11.3 Å². The van der Waals surface area contributed by atoms with Crippen LogP contribution in [-0.4, -0.2) is 9.97 Å². The number of benzene rings is 2. The molecule has 27 heavy (non-hydrogen) atoms. The van der Waals surface area contributed by atoms with E-state index in [-0.39, 0.29) is 11.3 Å². The van der Waals surface area contributed by atoms with E-state index in [1.165, 1.54) is 16.5 Å². The maximum atomic E-state index is 8.59. The van der Waals surface area contributed by atoms with Crippen LogP contribution in [0.5, 0.6) is 0 Å². The fourth-order valence-corrected chi connectivity index (χ4v) is 4.53. The normalized spacial score (nSPS) is 16.3. The predicted molar refractivity (Wildman–Crippen MR) is 113 cm³/mol. The van der Waals surface area contributed by atoms with Gasteiger partial charge in [-0.3, -0.25) is 9.97 Å². The van der Waals surface area contributed by atoms with Gasteiger partial charge in [0.15, 0.2) is 0 Å². The van der Waals surface area contributed by atoms with Crippen molar-refractivity contribution < 1.29 is 2.74 Å². The average molecular weight is 354 g/mol. The maximum absolute atomic E-state index is 8.59. The summed E-state index contributed by atoms with van der Waals surface area (Å²) in [5.74, 6) is -0.105. The van der Waals surface area contributed by atoms with Gasteiger partial charge in [0.1, 0.15) is 0 Å². The van der Waals surface area contributed by atoms with Gasteiger partial charge in [-0.25, -0.2) is 0 Å². The number of nitrogens with zero attached hydrogens (tertiary/aromatic N) is 2. The molecule has 0 atom stereocenters. The fourth-order valence-electron chi connectivity index (χ4n) is 4.53. The summed E-state index contributed by atoms with van der Waals surface area (Å²) in [6.07, 6.45) is 2.38. The summed E-state index contributed by atoms with van der Waals surface area (Å²) in [4.78, 5) is 9.45. The van der Waals surface area contributed by atoms with Gasteiger partial charge in [-0.15, -0.1) is 0 Å². The number of rotatable bonds is 2. The molecular weight excluding hydrogens is 328 g/mol. The second-order valence-electron chi connectivity index (χ2n) is 8.27. The molecular formula is C25H24N2. The summed E-state index contributed by atoms with van der Waals surface area (Å²) in [6, 6.07) is 14.3. The van der Waals surface area contributed by atoms with E-state index in [2.05, 4.69) is 43.1 Å². The van der Waals surface area contributed by atoms with Crippen molar-refractivity contribution in [3.63, 3.8) is 0 Å². The Hall–Kier alpha value is -2.74. The Morgan fingerprint density at radius 1 is 1.07 bits per heavy atom. The lowest BCUT2D eigenvalue weighted by molar-refractivity contribution is 0.644. The van der Waals surface area contributed by atoms with Crippen LogP contribution in [0.2, 0.25) is 0 Å². The van der Waals surface area contributed by atoms with Crippen molar-refractivity contribution in [3.05, 3.63) is 71.5 Å². The average Bonchev–Trinajstić information content (AvgIpc) is 2.70. The third-order valence-corrected chi connectivity index (χ3v) is 5.67. The summed E-state index contributed by atoms with van der Waals surface area (Å²) < 4.78 is 17.2. The fraction of sp³-hybridized carbons (Fsp3) is 0.280. The lowest BCUT2D eigenvalue weighted by atomic mass is 9.69. The summed E-state index contributed by atoms with van der Waals surface area (Å²) in [5, 5.41) is 3.30. The molecule has 2 aromatic heterocycles. The van der Waals surface area contributed by atoms with Crippen molar-refractivity contribution >= 4 is 21.7 Å². The first-order valence-electron chi connectivity index (χ1n) is 10.5. The van der Waals surface area contributed by atoms with E-state index in [0.29, 0.717) is 0 Å². The Labute approximate surface area is 163 Å². The SMILES string of the molecule is [2H]C([2H])(c1ccc2cnc3c(c2c1)C(C)(C)c1cccc2nccc-3c12)C(C)C. The highest BCUT2D eigenvalue weighted by atomic mass is 14.7. The molecule has 0 radical (unpaired) electrons. The summed E-state index contributed by atoms with van der Waals surface area (Å²) in [7, 11) is 0. The molecule has 2 nitrogen and oxygen atoms in total. The smallest absolute Gasteiger partial charge is 0.0756 e. The molecule has 2 aromatic carbocycles. The van der Waals surface area contributed by atoms with Crippen LogP contribution in [0.25, 0.3) is 32.9 Å². The minimum atomic E-state index is -1.38. The van der Waals surface area contributed by atoms with Gasteiger partial charge in [-0.1, -0.05) is 58.0 Å². The van der Waals surface area contributed by atoms with Crippen LogP contribution in [0.4, 0.5) is 0 Å². The lowest BCUT2D eigenvalue weighted by Crippen LogP contribution is -2.25. The van der Waals surface area contributed by atoms with Crippen molar-refractivity contribution in [2.45, 2.75) is 39.5 Å². The van der Waals surface area contributed by atoms with Crippen molar-refractivity contribution in [2.75, 3.05) is 0 Å². The van der Waals surface area contributed by atoms with E-state index < -0.39 is 6.37 Å². The quantitative estimate of drug-likeness (QED) is 0.423. The molecule has 0 bridgehead atoms. The van der Waals surface area contributed by atoms with Gasteiger partial charge in [0.2, 0.25) is 0 Å². The Bertz CT molecular complexity index is 1280. The molecule has 0 amide bonds. The van der Waals surface area contributed by atoms with Gasteiger partial charge < -0.3 is 0 Å². The molecule has 5 rings (SSSR count). The van der Waals surface area contributed by atoms with Gasteiger partial charge in [0, 0.05) is 36.9 Å². The Kier molecular flexibility index (Phi) is 2.99. The molecule has 0 unspecified atom stereocenters. The van der Waals surface area contributed by atoms with Gasteiger partial charge >= 0.3 is 0 Å². The van der Waals surface area contributed by atoms with E-state index in [4.69, 9.17) is 7.73 Å². The highest BCUT2D eigenvalue weighted by Crippen LogP contribution is 2.49. The second-order valence-corrected chi connectivity index (χ2v) is 8.27. The van der Waals surface area contributed by atoms with Crippen molar-refractivity contribution in [2.24, 2.45) is 5.92 Å². The van der Waals surface area contributed by atoms with Crippen LogP contribution in [0.1, 0.15) is 47.1 Å². The number of hydrogen-bond acceptors (Lipinski definition) is 2. The molecule has 0 spiro atoms. The van der Waals surface area contributed by atoms with Gasteiger partial charge in [0.05, 0.1) is 11.2 Å². The third kappa shape index (κ3) is 2.32. The zero-order chi connectivity index (χ0) is 20.6. The number of aromatic nitrogens is 2.